The number of methoxy groups -OCH3 is 1. The molecule has 2 aliphatic heterocycles. The molecule has 1 aromatic carbocycles. The Kier molecular flexibility index (Phi) is 5.44. The number of hydrogen-bond acceptors (Lipinski definition) is 5. The quantitative estimate of drug-likeness (QED) is 0.770. The molecule has 0 unspecified atom stereocenters. The number of ether oxygens (including phenoxy) is 1. The summed E-state index contributed by atoms with van der Waals surface area (Å²) in [6.45, 7) is 2.30. The number of aryl methyl sites for hydroxylation is 3. The SMILES string of the molecule is COc1ccc2c(c1)C(=O)N[C@@]1(CC2)CN(C(=O)c2cn(C)nc2C)C[C@H]1C(=O)N(C)C. The summed E-state index contributed by atoms with van der Waals surface area (Å²) in [7, 11) is 6.73. The van der Waals surface area contributed by atoms with Gasteiger partial charge in [-0.25, -0.2) is 0 Å². The van der Waals surface area contributed by atoms with Crippen molar-refractivity contribution >= 4 is 17.7 Å². The van der Waals surface area contributed by atoms with E-state index in [1.807, 2.05) is 12.1 Å². The Balaban J connectivity index is 1.70. The first kappa shape index (κ1) is 21.9. The summed E-state index contributed by atoms with van der Waals surface area (Å²) >= 11 is 0. The van der Waals surface area contributed by atoms with Crippen molar-refractivity contribution in [3.8, 4) is 5.75 Å². The van der Waals surface area contributed by atoms with Crippen LogP contribution in [0.15, 0.2) is 24.4 Å². The molecule has 3 heterocycles. The van der Waals surface area contributed by atoms with Crippen LogP contribution in [0.1, 0.15) is 38.4 Å². The van der Waals surface area contributed by atoms with Crippen molar-refractivity contribution in [1.82, 2.24) is 24.9 Å². The summed E-state index contributed by atoms with van der Waals surface area (Å²) in [5.41, 5.74) is 1.75. The Hall–Kier alpha value is -3.36. The molecule has 2 atom stereocenters. The Labute approximate surface area is 187 Å². The van der Waals surface area contributed by atoms with E-state index in [0.717, 1.165) is 5.56 Å². The lowest BCUT2D eigenvalue weighted by Crippen LogP contribution is -2.57. The van der Waals surface area contributed by atoms with Crippen molar-refractivity contribution in [3.63, 3.8) is 0 Å². The maximum absolute atomic E-state index is 13.3. The summed E-state index contributed by atoms with van der Waals surface area (Å²) in [5.74, 6) is -0.474. The van der Waals surface area contributed by atoms with Gasteiger partial charge >= 0.3 is 0 Å². The summed E-state index contributed by atoms with van der Waals surface area (Å²) in [5, 5.41) is 7.42. The summed E-state index contributed by atoms with van der Waals surface area (Å²) < 4.78 is 6.89. The number of nitrogens with zero attached hydrogens (tertiary/aromatic N) is 4. The van der Waals surface area contributed by atoms with Gasteiger partial charge in [0.25, 0.3) is 11.8 Å². The molecule has 1 N–H and O–H groups in total. The lowest BCUT2D eigenvalue weighted by atomic mass is 9.81. The fourth-order valence-electron chi connectivity index (χ4n) is 4.88. The first-order chi connectivity index (χ1) is 15.1. The number of amides is 3. The van der Waals surface area contributed by atoms with Crippen LogP contribution in [0.2, 0.25) is 0 Å². The highest BCUT2D eigenvalue weighted by Gasteiger charge is 2.53. The Morgan fingerprint density at radius 1 is 1.31 bits per heavy atom. The second-order valence-electron chi connectivity index (χ2n) is 8.91. The number of fused-ring (bicyclic) bond motifs is 1. The van der Waals surface area contributed by atoms with E-state index < -0.39 is 11.5 Å². The van der Waals surface area contributed by atoms with Crippen LogP contribution in [-0.4, -0.2) is 77.1 Å². The fourth-order valence-corrected chi connectivity index (χ4v) is 4.88. The Bertz CT molecular complexity index is 1090. The summed E-state index contributed by atoms with van der Waals surface area (Å²) in [6.07, 6.45) is 2.86. The Morgan fingerprint density at radius 2 is 2.06 bits per heavy atom. The van der Waals surface area contributed by atoms with E-state index in [4.69, 9.17) is 4.74 Å². The molecular weight excluding hydrogens is 410 g/mol. The molecule has 4 rings (SSSR count). The highest BCUT2D eigenvalue weighted by molar-refractivity contribution is 5.99. The molecule has 32 heavy (non-hydrogen) atoms. The maximum Gasteiger partial charge on any atom is 0.257 e. The monoisotopic (exact) mass is 439 g/mol. The fraction of sp³-hybridized carbons (Fsp3) is 0.478. The van der Waals surface area contributed by atoms with Crippen molar-refractivity contribution < 1.29 is 19.1 Å². The average molecular weight is 440 g/mol. The van der Waals surface area contributed by atoms with Crippen LogP contribution in [0, 0.1) is 12.8 Å². The van der Waals surface area contributed by atoms with Gasteiger partial charge in [0.1, 0.15) is 5.75 Å². The van der Waals surface area contributed by atoms with Crippen LogP contribution in [0.4, 0.5) is 0 Å². The average Bonchev–Trinajstić information content (AvgIpc) is 3.25. The molecule has 1 fully saturated rings. The molecule has 9 heteroatoms. The number of rotatable bonds is 3. The molecule has 0 bridgehead atoms. The number of nitrogens with one attached hydrogen (secondary N) is 1. The Morgan fingerprint density at radius 3 is 2.69 bits per heavy atom. The van der Waals surface area contributed by atoms with Crippen LogP contribution in [-0.2, 0) is 18.3 Å². The molecule has 0 radical (unpaired) electrons. The summed E-state index contributed by atoms with van der Waals surface area (Å²) in [6, 6.07) is 5.46. The van der Waals surface area contributed by atoms with Crippen molar-refractivity contribution in [2.45, 2.75) is 25.3 Å². The third-order valence-corrected chi connectivity index (χ3v) is 6.58. The molecule has 1 saturated heterocycles. The highest BCUT2D eigenvalue weighted by atomic mass is 16.5. The van der Waals surface area contributed by atoms with Crippen molar-refractivity contribution in [1.29, 1.82) is 0 Å². The van der Waals surface area contributed by atoms with E-state index in [1.165, 1.54) is 4.90 Å². The standard InChI is InChI=1S/C23H29N5O4/c1-14-18(11-27(4)25-14)21(30)28-12-19(22(31)26(2)3)23(13-28)9-8-15-6-7-16(32-5)10-17(15)20(29)24-23/h6-7,10-11,19H,8-9,12-13H2,1-5H3,(H,24,29)/t19-,23-/m0/s1. The normalized spacial score (nSPS) is 22.3. The van der Waals surface area contributed by atoms with Crippen LogP contribution >= 0.6 is 0 Å². The third-order valence-electron chi connectivity index (χ3n) is 6.58. The number of hydrogen-bond donors (Lipinski definition) is 1. The molecular formula is C23H29N5O4. The minimum Gasteiger partial charge on any atom is -0.497 e. The number of carbonyl (C=O) groups excluding carboxylic acids is 3. The van der Waals surface area contributed by atoms with Gasteiger partial charge in [-0.2, -0.15) is 5.10 Å². The van der Waals surface area contributed by atoms with E-state index in [1.54, 1.807) is 57.0 Å². The molecule has 1 aromatic heterocycles. The van der Waals surface area contributed by atoms with Crippen LogP contribution < -0.4 is 10.1 Å². The first-order valence-electron chi connectivity index (χ1n) is 10.7. The first-order valence-corrected chi connectivity index (χ1v) is 10.7. The van der Waals surface area contributed by atoms with Crippen molar-refractivity contribution in [2.75, 3.05) is 34.3 Å². The van der Waals surface area contributed by atoms with E-state index in [-0.39, 0.29) is 30.8 Å². The van der Waals surface area contributed by atoms with Gasteiger partial charge in [0.15, 0.2) is 0 Å². The highest BCUT2D eigenvalue weighted by Crippen LogP contribution is 2.37. The molecule has 1 spiro atoms. The zero-order valence-corrected chi connectivity index (χ0v) is 19.1. The molecule has 2 aliphatic rings. The molecule has 0 saturated carbocycles. The van der Waals surface area contributed by atoms with E-state index >= 15 is 0 Å². The minimum atomic E-state index is -0.851. The van der Waals surface area contributed by atoms with Gasteiger partial charge in [-0.3, -0.25) is 19.1 Å². The van der Waals surface area contributed by atoms with Gasteiger partial charge in [-0.15, -0.1) is 0 Å². The molecule has 3 amide bonds. The van der Waals surface area contributed by atoms with Crippen molar-refractivity contribution in [2.24, 2.45) is 13.0 Å². The van der Waals surface area contributed by atoms with Gasteiger partial charge in [0.2, 0.25) is 5.91 Å². The lowest BCUT2D eigenvalue weighted by Gasteiger charge is -2.34. The predicted octanol–water partition coefficient (Wildman–Crippen LogP) is 1.01. The van der Waals surface area contributed by atoms with E-state index in [2.05, 4.69) is 10.4 Å². The van der Waals surface area contributed by atoms with Gasteiger partial charge in [0, 0.05) is 46.0 Å². The smallest absolute Gasteiger partial charge is 0.257 e. The molecule has 9 nitrogen and oxygen atoms in total. The lowest BCUT2D eigenvalue weighted by molar-refractivity contribution is -0.134. The molecule has 170 valence electrons. The van der Waals surface area contributed by atoms with Crippen LogP contribution in [0.3, 0.4) is 0 Å². The predicted molar refractivity (Wildman–Crippen MR) is 118 cm³/mol. The largest absolute Gasteiger partial charge is 0.497 e. The molecule has 2 aromatic rings. The summed E-state index contributed by atoms with van der Waals surface area (Å²) in [4.78, 5) is 43.0. The van der Waals surface area contributed by atoms with Crippen LogP contribution in [0.25, 0.3) is 0 Å². The minimum absolute atomic E-state index is 0.105. The van der Waals surface area contributed by atoms with Gasteiger partial charge in [-0.1, -0.05) is 6.07 Å². The van der Waals surface area contributed by atoms with E-state index in [9.17, 15) is 14.4 Å². The topological polar surface area (TPSA) is 96.8 Å². The second-order valence-corrected chi connectivity index (χ2v) is 8.91. The molecule has 0 aliphatic carbocycles. The van der Waals surface area contributed by atoms with Gasteiger partial charge in [0.05, 0.1) is 29.8 Å². The zero-order chi connectivity index (χ0) is 23.2. The van der Waals surface area contributed by atoms with Crippen molar-refractivity contribution in [3.05, 3.63) is 46.8 Å². The van der Waals surface area contributed by atoms with Gasteiger partial charge in [-0.05, 0) is 37.5 Å². The number of benzene rings is 1. The zero-order valence-electron chi connectivity index (χ0n) is 19.1. The third kappa shape index (κ3) is 3.61. The number of likely N-dealkylation sites (tertiary alicyclic amines) is 1. The number of aromatic nitrogens is 2. The maximum atomic E-state index is 13.3. The van der Waals surface area contributed by atoms with Crippen LogP contribution in [0.5, 0.6) is 5.75 Å². The second kappa shape index (κ2) is 7.96. The van der Waals surface area contributed by atoms with Gasteiger partial charge < -0.3 is 19.9 Å². The van der Waals surface area contributed by atoms with E-state index in [0.29, 0.717) is 35.4 Å². The number of carbonyl (C=O) groups is 3.